The van der Waals surface area contributed by atoms with Gasteiger partial charge in [-0.2, -0.15) is 0 Å². The number of carbonyl (C=O) groups is 1. The van der Waals surface area contributed by atoms with Crippen LogP contribution >= 0.6 is 0 Å². The van der Waals surface area contributed by atoms with E-state index in [1.54, 1.807) is 17.4 Å². The zero-order valence-corrected chi connectivity index (χ0v) is 11.6. The number of likely N-dealkylation sites (tertiary alicyclic amines) is 1. The Hall–Kier alpha value is -2.08. The van der Waals surface area contributed by atoms with Gasteiger partial charge in [0.2, 0.25) is 5.91 Å². The van der Waals surface area contributed by atoms with Gasteiger partial charge >= 0.3 is 0 Å². The van der Waals surface area contributed by atoms with Crippen LogP contribution in [-0.2, 0) is 11.8 Å². The molecule has 2 aromatic heterocycles. The van der Waals surface area contributed by atoms with Crippen molar-refractivity contribution in [2.45, 2.75) is 18.5 Å². The molecule has 106 valence electrons. The summed E-state index contributed by atoms with van der Waals surface area (Å²) in [5.41, 5.74) is 0. The average molecular weight is 274 g/mol. The summed E-state index contributed by atoms with van der Waals surface area (Å²) in [7, 11) is 3.76. The molecule has 3 heterocycles. The van der Waals surface area contributed by atoms with Crippen molar-refractivity contribution < 1.29 is 9.21 Å². The third kappa shape index (κ3) is 2.22. The summed E-state index contributed by atoms with van der Waals surface area (Å²) in [6, 6.07) is 3.34. The molecule has 20 heavy (non-hydrogen) atoms. The Bertz CT molecular complexity index is 590. The third-order valence-corrected chi connectivity index (χ3v) is 3.74. The predicted octanol–water partition coefficient (Wildman–Crippen LogP) is 0.923. The lowest BCUT2D eigenvalue weighted by molar-refractivity contribution is -0.128. The summed E-state index contributed by atoms with van der Waals surface area (Å²) in [5, 5.41) is 3.37. The SMILES string of the molecule is CN1CCC(NC(c2ccco2)c2nccn2C)C1=O. The molecule has 2 unspecified atom stereocenters. The molecule has 6 nitrogen and oxygen atoms in total. The van der Waals surface area contributed by atoms with Crippen LogP contribution in [-0.4, -0.2) is 40.0 Å². The Kier molecular flexibility index (Phi) is 3.31. The van der Waals surface area contributed by atoms with Crippen molar-refractivity contribution in [2.75, 3.05) is 13.6 Å². The Morgan fingerprint density at radius 1 is 1.50 bits per heavy atom. The number of furan rings is 1. The number of amides is 1. The van der Waals surface area contributed by atoms with E-state index in [0.717, 1.165) is 24.6 Å². The molecule has 2 atom stereocenters. The first kappa shape index (κ1) is 12.9. The number of nitrogens with one attached hydrogen (secondary N) is 1. The third-order valence-electron chi connectivity index (χ3n) is 3.74. The van der Waals surface area contributed by atoms with Gasteiger partial charge in [-0.1, -0.05) is 0 Å². The van der Waals surface area contributed by atoms with Gasteiger partial charge < -0.3 is 13.9 Å². The van der Waals surface area contributed by atoms with E-state index in [9.17, 15) is 4.79 Å². The number of imidazole rings is 1. The van der Waals surface area contributed by atoms with Gasteiger partial charge in [-0.25, -0.2) is 4.98 Å². The van der Waals surface area contributed by atoms with E-state index in [1.165, 1.54) is 0 Å². The second kappa shape index (κ2) is 5.13. The second-order valence-corrected chi connectivity index (χ2v) is 5.11. The Morgan fingerprint density at radius 3 is 2.90 bits per heavy atom. The van der Waals surface area contributed by atoms with Gasteiger partial charge in [-0.15, -0.1) is 0 Å². The highest BCUT2D eigenvalue weighted by Gasteiger charge is 2.33. The molecule has 0 bridgehead atoms. The maximum absolute atomic E-state index is 12.1. The fourth-order valence-corrected chi connectivity index (χ4v) is 2.57. The predicted molar refractivity (Wildman–Crippen MR) is 72.9 cm³/mol. The number of hydrogen-bond acceptors (Lipinski definition) is 4. The number of hydrogen-bond donors (Lipinski definition) is 1. The monoisotopic (exact) mass is 274 g/mol. The van der Waals surface area contributed by atoms with E-state index in [0.29, 0.717) is 0 Å². The molecule has 1 fully saturated rings. The molecular formula is C14H18N4O2. The van der Waals surface area contributed by atoms with Crippen LogP contribution in [0, 0.1) is 0 Å². The summed E-state index contributed by atoms with van der Waals surface area (Å²) in [5.74, 6) is 1.72. The van der Waals surface area contributed by atoms with E-state index in [1.807, 2.05) is 37.0 Å². The van der Waals surface area contributed by atoms with Gasteiger partial charge in [-0.05, 0) is 18.6 Å². The first-order valence-corrected chi connectivity index (χ1v) is 6.68. The number of aromatic nitrogens is 2. The number of carbonyl (C=O) groups excluding carboxylic acids is 1. The molecule has 1 N–H and O–H groups in total. The first-order valence-electron chi connectivity index (χ1n) is 6.68. The second-order valence-electron chi connectivity index (χ2n) is 5.11. The van der Waals surface area contributed by atoms with E-state index in [4.69, 9.17) is 4.42 Å². The largest absolute Gasteiger partial charge is 0.467 e. The normalized spacial score (nSPS) is 20.6. The minimum Gasteiger partial charge on any atom is -0.467 e. The van der Waals surface area contributed by atoms with Gasteiger partial charge in [0.1, 0.15) is 17.6 Å². The van der Waals surface area contributed by atoms with E-state index in [2.05, 4.69) is 10.3 Å². The van der Waals surface area contributed by atoms with Crippen molar-refractivity contribution in [3.8, 4) is 0 Å². The summed E-state index contributed by atoms with van der Waals surface area (Å²) in [4.78, 5) is 18.2. The lowest BCUT2D eigenvalue weighted by Crippen LogP contribution is -2.40. The zero-order valence-electron chi connectivity index (χ0n) is 11.6. The minimum atomic E-state index is -0.217. The Morgan fingerprint density at radius 2 is 2.35 bits per heavy atom. The lowest BCUT2D eigenvalue weighted by Gasteiger charge is -2.20. The number of aryl methyl sites for hydroxylation is 1. The molecule has 1 amide bonds. The zero-order chi connectivity index (χ0) is 14.1. The molecule has 1 saturated heterocycles. The van der Waals surface area contributed by atoms with Crippen molar-refractivity contribution in [1.29, 1.82) is 0 Å². The van der Waals surface area contributed by atoms with Crippen LogP contribution in [0.15, 0.2) is 35.2 Å². The van der Waals surface area contributed by atoms with Crippen molar-refractivity contribution in [1.82, 2.24) is 19.8 Å². The fourth-order valence-electron chi connectivity index (χ4n) is 2.57. The minimum absolute atomic E-state index is 0.121. The number of likely N-dealkylation sites (N-methyl/N-ethyl adjacent to an activating group) is 1. The van der Waals surface area contributed by atoms with Gasteiger partial charge in [-0.3, -0.25) is 10.1 Å². The summed E-state index contributed by atoms with van der Waals surface area (Å²) in [6.07, 6.45) is 6.07. The van der Waals surface area contributed by atoms with E-state index >= 15 is 0 Å². The van der Waals surface area contributed by atoms with Crippen LogP contribution in [0.25, 0.3) is 0 Å². The average Bonchev–Trinajstić information content (AvgIpc) is 3.14. The van der Waals surface area contributed by atoms with Crippen LogP contribution in [0.2, 0.25) is 0 Å². The lowest BCUT2D eigenvalue weighted by atomic mass is 10.1. The van der Waals surface area contributed by atoms with Crippen molar-refractivity contribution >= 4 is 5.91 Å². The molecule has 1 aliphatic heterocycles. The summed E-state index contributed by atoms with van der Waals surface area (Å²) >= 11 is 0. The highest BCUT2D eigenvalue weighted by molar-refractivity contribution is 5.83. The maximum Gasteiger partial charge on any atom is 0.239 e. The first-order chi connectivity index (χ1) is 9.66. The summed E-state index contributed by atoms with van der Waals surface area (Å²) in [6.45, 7) is 0.780. The molecule has 6 heteroatoms. The van der Waals surface area contributed by atoms with Crippen molar-refractivity contribution in [2.24, 2.45) is 7.05 Å². The highest BCUT2D eigenvalue weighted by Crippen LogP contribution is 2.23. The van der Waals surface area contributed by atoms with Crippen LogP contribution < -0.4 is 5.32 Å². The van der Waals surface area contributed by atoms with Crippen LogP contribution in [0.1, 0.15) is 24.0 Å². The quantitative estimate of drug-likeness (QED) is 0.900. The van der Waals surface area contributed by atoms with Crippen LogP contribution in [0.3, 0.4) is 0 Å². The smallest absolute Gasteiger partial charge is 0.239 e. The highest BCUT2D eigenvalue weighted by atomic mass is 16.3. The molecular weight excluding hydrogens is 256 g/mol. The molecule has 0 spiro atoms. The van der Waals surface area contributed by atoms with Crippen LogP contribution in [0.5, 0.6) is 0 Å². The van der Waals surface area contributed by atoms with Gasteiger partial charge in [0, 0.05) is 33.0 Å². The van der Waals surface area contributed by atoms with E-state index in [-0.39, 0.29) is 18.0 Å². The molecule has 3 rings (SSSR count). The molecule has 2 aromatic rings. The van der Waals surface area contributed by atoms with E-state index < -0.39 is 0 Å². The fraction of sp³-hybridized carbons (Fsp3) is 0.429. The number of rotatable bonds is 4. The van der Waals surface area contributed by atoms with Gasteiger partial charge in [0.05, 0.1) is 12.3 Å². The van der Waals surface area contributed by atoms with Crippen molar-refractivity contribution in [3.63, 3.8) is 0 Å². The van der Waals surface area contributed by atoms with Gasteiger partial charge in [0.25, 0.3) is 0 Å². The molecule has 0 aliphatic carbocycles. The topological polar surface area (TPSA) is 63.3 Å². The molecule has 1 aliphatic rings. The standard InChI is InChI=1S/C14H18N4O2/c1-17-8-6-15-13(17)12(11-4-3-9-20-11)16-10-5-7-18(2)14(10)19/h3-4,6,8-10,12,16H,5,7H2,1-2H3. The molecule has 0 aromatic carbocycles. The van der Waals surface area contributed by atoms with Crippen molar-refractivity contribution in [3.05, 3.63) is 42.4 Å². The number of nitrogens with zero attached hydrogens (tertiary/aromatic N) is 3. The summed E-state index contributed by atoms with van der Waals surface area (Å²) < 4.78 is 7.44. The maximum atomic E-state index is 12.1. The Balaban J connectivity index is 1.88. The van der Waals surface area contributed by atoms with Gasteiger partial charge in [0.15, 0.2) is 0 Å². The molecule has 0 radical (unpaired) electrons. The Labute approximate surface area is 117 Å². The van der Waals surface area contributed by atoms with Crippen LogP contribution in [0.4, 0.5) is 0 Å². The molecule has 0 saturated carbocycles.